The van der Waals surface area contributed by atoms with E-state index >= 15 is 0 Å². The van der Waals surface area contributed by atoms with Gasteiger partial charge in [0.15, 0.2) is 0 Å². The second-order valence-corrected chi connectivity index (χ2v) is 6.15. The molecule has 0 fully saturated rings. The van der Waals surface area contributed by atoms with Crippen molar-refractivity contribution in [3.8, 4) is 0 Å². The number of hydrogen-bond acceptors (Lipinski definition) is 4. The van der Waals surface area contributed by atoms with Crippen LogP contribution in [0.3, 0.4) is 0 Å². The SMILES string of the molecule is Cc1cc(S(=O)(=O)NCC2=CCNCC2)c(C)o1.Cl. The molecule has 0 spiro atoms. The van der Waals surface area contributed by atoms with Gasteiger partial charge in [-0.05, 0) is 32.9 Å². The second kappa shape index (κ2) is 6.56. The van der Waals surface area contributed by atoms with Gasteiger partial charge in [-0.1, -0.05) is 11.6 Å². The second-order valence-electron chi connectivity index (χ2n) is 4.42. The van der Waals surface area contributed by atoms with Crippen molar-refractivity contribution in [2.75, 3.05) is 19.6 Å². The molecule has 0 aromatic carbocycles. The van der Waals surface area contributed by atoms with Gasteiger partial charge in [0.1, 0.15) is 16.4 Å². The highest BCUT2D eigenvalue weighted by atomic mass is 35.5. The third-order valence-electron chi connectivity index (χ3n) is 2.93. The summed E-state index contributed by atoms with van der Waals surface area (Å²) in [4.78, 5) is 0.231. The van der Waals surface area contributed by atoms with Crippen molar-refractivity contribution in [2.24, 2.45) is 0 Å². The van der Waals surface area contributed by atoms with Crippen LogP contribution in [-0.4, -0.2) is 28.1 Å². The largest absolute Gasteiger partial charge is 0.465 e. The van der Waals surface area contributed by atoms with E-state index < -0.39 is 10.0 Å². The van der Waals surface area contributed by atoms with Crippen LogP contribution in [-0.2, 0) is 10.0 Å². The van der Waals surface area contributed by atoms with Gasteiger partial charge >= 0.3 is 0 Å². The number of furan rings is 1. The monoisotopic (exact) mass is 306 g/mol. The van der Waals surface area contributed by atoms with Crippen LogP contribution in [0.15, 0.2) is 27.0 Å². The molecule has 0 radical (unpaired) electrons. The molecule has 0 amide bonds. The maximum atomic E-state index is 12.1. The number of sulfonamides is 1. The number of rotatable bonds is 4. The molecule has 2 N–H and O–H groups in total. The van der Waals surface area contributed by atoms with E-state index in [2.05, 4.69) is 10.0 Å². The molecule has 0 saturated heterocycles. The fourth-order valence-electron chi connectivity index (χ4n) is 1.97. The van der Waals surface area contributed by atoms with Crippen LogP contribution in [0, 0.1) is 13.8 Å². The fourth-order valence-corrected chi connectivity index (χ4v) is 3.24. The van der Waals surface area contributed by atoms with Gasteiger partial charge in [0.2, 0.25) is 10.0 Å². The highest BCUT2D eigenvalue weighted by Crippen LogP contribution is 2.19. The Balaban J connectivity index is 0.00000180. The molecule has 5 nitrogen and oxygen atoms in total. The summed E-state index contributed by atoms with van der Waals surface area (Å²) in [6.07, 6.45) is 2.91. The minimum atomic E-state index is -3.47. The summed E-state index contributed by atoms with van der Waals surface area (Å²) in [5.74, 6) is 1.04. The number of nitrogens with one attached hydrogen (secondary N) is 2. The summed E-state index contributed by atoms with van der Waals surface area (Å²) in [6.45, 7) is 5.47. The average molecular weight is 307 g/mol. The van der Waals surface area contributed by atoms with Crippen LogP contribution in [0.4, 0.5) is 0 Å². The fraction of sp³-hybridized carbons (Fsp3) is 0.500. The Morgan fingerprint density at radius 3 is 2.68 bits per heavy atom. The lowest BCUT2D eigenvalue weighted by Crippen LogP contribution is -2.29. The van der Waals surface area contributed by atoms with Crippen molar-refractivity contribution in [1.29, 1.82) is 0 Å². The van der Waals surface area contributed by atoms with E-state index in [1.165, 1.54) is 0 Å². The minimum absolute atomic E-state index is 0. The van der Waals surface area contributed by atoms with Gasteiger partial charge in [-0.15, -0.1) is 12.4 Å². The van der Waals surface area contributed by atoms with Gasteiger partial charge in [0, 0.05) is 13.1 Å². The van der Waals surface area contributed by atoms with Crippen LogP contribution >= 0.6 is 12.4 Å². The molecular weight excluding hydrogens is 288 g/mol. The molecule has 19 heavy (non-hydrogen) atoms. The quantitative estimate of drug-likeness (QED) is 0.827. The molecule has 0 saturated carbocycles. The first-order valence-electron chi connectivity index (χ1n) is 5.94. The first-order valence-corrected chi connectivity index (χ1v) is 7.43. The smallest absolute Gasteiger partial charge is 0.244 e. The summed E-state index contributed by atoms with van der Waals surface area (Å²) in [7, 11) is -3.47. The zero-order chi connectivity index (χ0) is 13.2. The highest BCUT2D eigenvalue weighted by molar-refractivity contribution is 7.89. The standard InChI is InChI=1S/C12H18N2O3S.ClH/c1-9-7-12(10(2)17-9)18(15,16)14-8-11-3-5-13-6-4-11;/h3,7,13-14H,4-6,8H2,1-2H3;1H. The lowest BCUT2D eigenvalue weighted by molar-refractivity contribution is 0.495. The predicted molar refractivity (Wildman–Crippen MR) is 76.2 cm³/mol. The number of hydrogen-bond donors (Lipinski definition) is 2. The summed E-state index contributed by atoms with van der Waals surface area (Å²) >= 11 is 0. The van der Waals surface area contributed by atoms with E-state index in [1.54, 1.807) is 19.9 Å². The zero-order valence-corrected chi connectivity index (χ0v) is 12.7. The predicted octanol–water partition coefficient (Wildman–Crippen LogP) is 1.52. The average Bonchev–Trinajstić information content (AvgIpc) is 2.68. The lowest BCUT2D eigenvalue weighted by Gasteiger charge is -2.14. The number of halogens is 1. The molecule has 0 bridgehead atoms. The molecule has 1 aromatic rings. The van der Waals surface area contributed by atoms with Crippen LogP contribution in [0.25, 0.3) is 0 Å². The topological polar surface area (TPSA) is 71.3 Å². The Hall–Kier alpha value is -0.820. The van der Waals surface area contributed by atoms with Crippen LogP contribution in [0.1, 0.15) is 17.9 Å². The maximum Gasteiger partial charge on any atom is 0.244 e. The summed E-state index contributed by atoms with van der Waals surface area (Å²) in [6, 6.07) is 1.55. The third-order valence-corrected chi connectivity index (χ3v) is 4.44. The molecular formula is C12H19ClN2O3S. The Kier molecular flexibility index (Phi) is 5.61. The van der Waals surface area contributed by atoms with Crippen LogP contribution in [0.2, 0.25) is 0 Å². The molecule has 2 heterocycles. The molecule has 108 valence electrons. The molecule has 1 aliphatic heterocycles. The van der Waals surface area contributed by atoms with Crippen LogP contribution in [0.5, 0.6) is 0 Å². The van der Waals surface area contributed by atoms with E-state index in [1.807, 2.05) is 6.08 Å². The van der Waals surface area contributed by atoms with Gasteiger partial charge in [-0.25, -0.2) is 13.1 Å². The van der Waals surface area contributed by atoms with Gasteiger partial charge in [-0.3, -0.25) is 0 Å². The van der Waals surface area contributed by atoms with Gasteiger partial charge in [0.05, 0.1) is 0 Å². The van der Waals surface area contributed by atoms with Crippen molar-refractivity contribution >= 4 is 22.4 Å². The zero-order valence-electron chi connectivity index (χ0n) is 11.0. The first kappa shape index (κ1) is 16.2. The molecule has 1 aliphatic rings. The van der Waals surface area contributed by atoms with E-state index in [0.29, 0.717) is 18.1 Å². The van der Waals surface area contributed by atoms with E-state index in [4.69, 9.17) is 4.42 Å². The first-order chi connectivity index (χ1) is 8.49. The maximum absolute atomic E-state index is 12.1. The van der Waals surface area contributed by atoms with Crippen molar-refractivity contribution in [3.05, 3.63) is 29.2 Å². The van der Waals surface area contributed by atoms with Gasteiger partial charge in [0.25, 0.3) is 0 Å². The molecule has 0 atom stereocenters. The molecule has 1 aromatic heterocycles. The third kappa shape index (κ3) is 4.07. The molecule has 0 aliphatic carbocycles. The summed E-state index contributed by atoms with van der Waals surface area (Å²) < 4.78 is 32.1. The number of aryl methyl sites for hydroxylation is 2. The summed E-state index contributed by atoms with van der Waals surface area (Å²) in [5.41, 5.74) is 1.12. The Morgan fingerprint density at radius 2 is 2.16 bits per heavy atom. The Bertz CT molecular complexity index is 564. The Morgan fingerprint density at radius 1 is 1.42 bits per heavy atom. The van der Waals surface area contributed by atoms with Crippen molar-refractivity contribution in [2.45, 2.75) is 25.2 Å². The highest BCUT2D eigenvalue weighted by Gasteiger charge is 2.20. The van der Waals surface area contributed by atoms with Crippen molar-refractivity contribution in [3.63, 3.8) is 0 Å². The normalized spacial score (nSPS) is 15.8. The van der Waals surface area contributed by atoms with Gasteiger partial charge < -0.3 is 9.73 Å². The van der Waals surface area contributed by atoms with Crippen molar-refractivity contribution in [1.82, 2.24) is 10.0 Å². The molecule has 7 heteroatoms. The van der Waals surface area contributed by atoms with E-state index in [9.17, 15) is 8.42 Å². The minimum Gasteiger partial charge on any atom is -0.465 e. The lowest BCUT2D eigenvalue weighted by atomic mass is 10.1. The van der Waals surface area contributed by atoms with E-state index in [0.717, 1.165) is 25.1 Å². The molecule has 0 unspecified atom stereocenters. The molecule has 2 rings (SSSR count). The van der Waals surface area contributed by atoms with Gasteiger partial charge in [-0.2, -0.15) is 0 Å². The van der Waals surface area contributed by atoms with Crippen LogP contribution < -0.4 is 10.0 Å². The Labute approximate surface area is 119 Å². The summed E-state index contributed by atoms with van der Waals surface area (Å²) in [5, 5.41) is 3.19. The van der Waals surface area contributed by atoms with Crippen molar-refractivity contribution < 1.29 is 12.8 Å². The van der Waals surface area contributed by atoms with E-state index in [-0.39, 0.29) is 17.3 Å².